The van der Waals surface area contributed by atoms with Crippen LogP contribution in [-0.4, -0.2) is 56.1 Å². The van der Waals surface area contributed by atoms with Gasteiger partial charge in [0.15, 0.2) is 0 Å². The number of thiophene rings is 1. The molecule has 21 heavy (non-hydrogen) atoms. The molecule has 2 heterocycles. The van der Waals surface area contributed by atoms with E-state index in [1.165, 1.54) is 18.4 Å². The van der Waals surface area contributed by atoms with Gasteiger partial charge in [-0.3, -0.25) is 9.69 Å². The normalized spacial score (nSPS) is 17.2. The maximum absolute atomic E-state index is 12.4. The number of amides is 1. The minimum absolute atomic E-state index is 0.0198. The van der Waals surface area contributed by atoms with Crippen molar-refractivity contribution in [1.29, 1.82) is 0 Å². The summed E-state index contributed by atoms with van der Waals surface area (Å²) >= 11 is 1.27. The van der Waals surface area contributed by atoms with Crippen LogP contribution in [0.1, 0.15) is 23.0 Å². The van der Waals surface area contributed by atoms with Crippen LogP contribution in [-0.2, 0) is 9.53 Å². The molecule has 1 aromatic rings. The Hall–Kier alpha value is -1.44. The first-order chi connectivity index (χ1) is 10.2. The summed E-state index contributed by atoms with van der Waals surface area (Å²) in [4.78, 5) is 26.5. The van der Waals surface area contributed by atoms with Gasteiger partial charge in [-0.1, -0.05) is 6.92 Å². The van der Waals surface area contributed by atoms with Crippen LogP contribution in [0.25, 0.3) is 0 Å². The zero-order chi connectivity index (χ0) is 15.2. The van der Waals surface area contributed by atoms with Gasteiger partial charge < -0.3 is 15.4 Å². The number of ether oxygens (including phenoxy) is 1. The molecule has 0 aliphatic carbocycles. The fraction of sp³-hybridized carbons (Fsp3) is 0.571. The SMILES string of the molecule is CCC(C(=O)Nc1csc(C(=O)OC)c1)N1CCNCC1. The molecule has 1 aliphatic heterocycles. The molecule has 0 radical (unpaired) electrons. The number of anilines is 1. The number of esters is 1. The van der Waals surface area contributed by atoms with Gasteiger partial charge in [0.25, 0.3) is 0 Å². The molecule has 0 spiro atoms. The summed E-state index contributed by atoms with van der Waals surface area (Å²) in [5.41, 5.74) is 0.652. The summed E-state index contributed by atoms with van der Waals surface area (Å²) in [5, 5.41) is 7.93. The lowest BCUT2D eigenvalue weighted by atomic mass is 10.1. The molecule has 1 amide bonds. The number of hydrogen-bond donors (Lipinski definition) is 2. The van der Waals surface area contributed by atoms with Crippen molar-refractivity contribution < 1.29 is 14.3 Å². The van der Waals surface area contributed by atoms with E-state index in [1.54, 1.807) is 11.4 Å². The van der Waals surface area contributed by atoms with Crippen LogP contribution >= 0.6 is 11.3 Å². The van der Waals surface area contributed by atoms with Gasteiger partial charge in [0.05, 0.1) is 18.8 Å². The molecule has 1 aliphatic rings. The topological polar surface area (TPSA) is 70.7 Å². The van der Waals surface area contributed by atoms with E-state index in [-0.39, 0.29) is 17.9 Å². The fourth-order valence-electron chi connectivity index (χ4n) is 2.44. The minimum Gasteiger partial charge on any atom is -0.465 e. The Morgan fingerprint density at radius 2 is 2.19 bits per heavy atom. The smallest absolute Gasteiger partial charge is 0.348 e. The Bertz CT molecular complexity index is 497. The van der Waals surface area contributed by atoms with Gasteiger partial charge in [-0.15, -0.1) is 11.3 Å². The first-order valence-corrected chi connectivity index (χ1v) is 7.96. The van der Waals surface area contributed by atoms with E-state index in [0.717, 1.165) is 32.6 Å². The average Bonchev–Trinajstić information content (AvgIpc) is 2.96. The van der Waals surface area contributed by atoms with Gasteiger partial charge in [-0.05, 0) is 12.5 Å². The van der Waals surface area contributed by atoms with Crippen LogP contribution in [0.2, 0.25) is 0 Å². The first-order valence-electron chi connectivity index (χ1n) is 7.08. The molecule has 1 atom stereocenters. The van der Waals surface area contributed by atoms with Crippen molar-refractivity contribution in [3.63, 3.8) is 0 Å². The summed E-state index contributed by atoms with van der Waals surface area (Å²) in [5.74, 6) is -0.400. The van der Waals surface area contributed by atoms with Gasteiger partial charge in [-0.25, -0.2) is 4.79 Å². The average molecular weight is 311 g/mol. The van der Waals surface area contributed by atoms with Gasteiger partial charge in [0.2, 0.25) is 5.91 Å². The third kappa shape index (κ3) is 4.03. The molecule has 116 valence electrons. The highest BCUT2D eigenvalue weighted by molar-refractivity contribution is 7.12. The molecule has 2 N–H and O–H groups in total. The van der Waals surface area contributed by atoms with Crippen molar-refractivity contribution in [3.05, 3.63) is 16.3 Å². The predicted molar refractivity (Wildman–Crippen MR) is 82.8 cm³/mol. The summed E-state index contributed by atoms with van der Waals surface area (Å²) < 4.78 is 4.66. The second-order valence-corrected chi connectivity index (χ2v) is 5.80. The van der Waals surface area contributed by atoms with Crippen LogP contribution in [0.3, 0.4) is 0 Å². The van der Waals surface area contributed by atoms with Crippen LogP contribution < -0.4 is 10.6 Å². The van der Waals surface area contributed by atoms with Crippen molar-refractivity contribution >= 4 is 28.9 Å². The van der Waals surface area contributed by atoms with Crippen molar-refractivity contribution in [2.45, 2.75) is 19.4 Å². The Morgan fingerprint density at radius 3 is 2.81 bits per heavy atom. The van der Waals surface area contributed by atoms with Gasteiger partial charge >= 0.3 is 5.97 Å². The van der Waals surface area contributed by atoms with E-state index >= 15 is 0 Å². The van der Waals surface area contributed by atoms with Crippen LogP contribution in [0.5, 0.6) is 0 Å². The Morgan fingerprint density at radius 1 is 1.48 bits per heavy atom. The lowest BCUT2D eigenvalue weighted by molar-refractivity contribution is -0.121. The summed E-state index contributed by atoms with van der Waals surface area (Å²) in [6.45, 7) is 5.59. The lowest BCUT2D eigenvalue weighted by Gasteiger charge is -2.33. The van der Waals surface area contributed by atoms with E-state index in [1.807, 2.05) is 6.92 Å². The number of nitrogens with zero attached hydrogens (tertiary/aromatic N) is 1. The molecule has 0 saturated carbocycles. The highest BCUT2D eigenvalue weighted by atomic mass is 32.1. The second-order valence-electron chi connectivity index (χ2n) is 4.89. The molecule has 1 aromatic heterocycles. The molecule has 0 aromatic carbocycles. The lowest BCUT2D eigenvalue weighted by Crippen LogP contribution is -2.52. The van der Waals surface area contributed by atoms with E-state index < -0.39 is 0 Å². The van der Waals surface area contributed by atoms with E-state index in [0.29, 0.717) is 10.6 Å². The second kappa shape index (κ2) is 7.53. The number of nitrogens with one attached hydrogen (secondary N) is 2. The summed E-state index contributed by atoms with van der Waals surface area (Å²) in [6.07, 6.45) is 0.764. The molecule has 1 fully saturated rings. The molecular weight excluding hydrogens is 290 g/mol. The number of carbonyl (C=O) groups excluding carboxylic acids is 2. The zero-order valence-corrected chi connectivity index (χ0v) is 13.2. The summed E-state index contributed by atoms with van der Waals surface area (Å²) in [7, 11) is 1.35. The Balaban J connectivity index is 1.98. The van der Waals surface area contributed by atoms with Crippen molar-refractivity contribution in [2.24, 2.45) is 0 Å². The first kappa shape index (κ1) is 15.9. The number of methoxy groups -OCH3 is 1. The third-order valence-corrected chi connectivity index (χ3v) is 4.45. The van der Waals surface area contributed by atoms with E-state index in [2.05, 4.69) is 20.3 Å². The monoisotopic (exact) mass is 311 g/mol. The highest BCUT2D eigenvalue weighted by Crippen LogP contribution is 2.21. The Labute approximate surface area is 128 Å². The van der Waals surface area contributed by atoms with Gasteiger partial charge in [0.1, 0.15) is 4.88 Å². The maximum Gasteiger partial charge on any atom is 0.348 e. The van der Waals surface area contributed by atoms with Crippen molar-refractivity contribution in [1.82, 2.24) is 10.2 Å². The number of rotatable bonds is 5. The van der Waals surface area contributed by atoms with Crippen LogP contribution in [0.4, 0.5) is 5.69 Å². The number of carbonyl (C=O) groups is 2. The van der Waals surface area contributed by atoms with Crippen molar-refractivity contribution in [2.75, 3.05) is 38.6 Å². The standard InChI is InChI=1S/C14H21N3O3S/c1-3-11(17-6-4-15-5-7-17)13(18)16-10-8-12(21-9-10)14(19)20-2/h8-9,11,15H,3-7H2,1-2H3,(H,16,18). The zero-order valence-electron chi connectivity index (χ0n) is 12.3. The fourth-order valence-corrected chi connectivity index (χ4v) is 3.19. The van der Waals surface area contributed by atoms with E-state index in [9.17, 15) is 9.59 Å². The van der Waals surface area contributed by atoms with Crippen LogP contribution in [0.15, 0.2) is 11.4 Å². The molecule has 0 bridgehead atoms. The van der Waals surface area contributed by atoms with Gasteiger partial charge in [-0.2, -0.15) is 0 Å². The van der Waals surface area contributed by atoms with Gasteiger partial charge in [0, 0.05) is 31.6 Å². The molecule has 2 rings (SSSR count). The molecule has 1 saturated heterocycles. The third-order valence-electron chi connectivity index (χ3n) is 3.54. The molecule has 1 unspecified atom stereocenters. The molecular formula is C14H21N3O3S. The summed E-state index contributed by atoms with van der Waals surface area (Å²) in [6, 6.07) is 1.52. The maximum atomic E-state index is 12.4. The number of hydrogen-bond acceptors (Lipinski definition) is 6. The molecule has 7 heteroatoms. The highest BCUT2D eigenvalue weighted by Gasteiger charge is 2.25. The minimum atomic E-state index is -0.380. The van der Waals surface area contributed by atoms with Crippen LogP contribution in [0, 0.1) is 0 Å². The largest absolute Gasteiger partial charge is 0.465 e. The van der Waals surface area contributed by atoms with Crippen molar-refractivity contribution in [3.8, 4) is 0 Å². The quantitative estimate of drug-likeness (QED) is 0.799. The Kier molecular flexibility index (Phi) is 5.72. The van der Waals surface area contributed by atoms with E-state index in [4.69, 9.17) is 0 Å². The number of piperazine rings is 1. The molecule has 6 nitrogen and oxygen atoms in total. The predicted octanol–water partition coefficient (Wildman–Crippen LogP) is 1.16.